The van der Waals surface area contributed by atoms with Gasteiger partial charge in [0.25, 0.3) is 0 Å². The normalized spacial score (nSPS) is 13.8. The van der Waals surface area contributed by atoms with Crippen molar-refractivity contribution in [3.8, 4) is 5.75 Å². The summed E-state index contributed by atoms with van der Waals surface area (Å²) >= 11 is 0. The number of methoxy groups -OCH3 is 1. The number of hydrogen-bond acceptors (Lipinski definition) is 4. The molecular formula is C16H26N2O3. The Morgan fingerprint density at radius 1 is 1.29 bits per heavy atom. The zero-order valence-corrected chi connectivity index (χ0v) is 13.2. The summed E-state index contributed by atoms with van der Waals surface area (Å²) in [5.41, 5.74) is 0.761. The van der Waals surface area contributed by atoms with Gasteiger partial charge in [0, 0.05) is 13.1 Å². The summed E-state index contributed by atoms with van der Waals surface area (Å²) in [5.74, 6) is 1.07. The summed E-state index contributed by atoms with van der Waals surface area (Å²) in [5, 5.41) is 16.0. The number of amides is 1. The van der Waals surface area contributed by atoms with Crippen LogP contribution in [0.5, 0.6) is 5.75 Å². The van der Waals surface area contributed by atoms with Gasteiger partial charge in [0.05, 0.1) is 19.3 Å². The van der Waals surface area contributed by atoms with E-state index in [1.54, 1.807) is 20.1 Å². The highest BCUT2D eigenvalue weighted by Crippen LogP contribution is 2.18. The molecule has 0 saturated carbocycles. The van der Waals surface area contributed by atoms with E-state index in [0.29, 0.717) is 24.8 Å². The van der Waals surface area contributed by atoms with Crippen molar-refractivity contribution in [2.75, 3.05) is 20.2 Å². The van der Waals surface area contributed by atoms with E-state index in [1.807, 2.05) is 32.0 Å². The first kappa shape index (κ1) is 17.5. The van der Waals surface area contributed by atoms with Crippen molar-refractivity contribution in [1.29, 1.82) is 0 Å². The Kier molecular flexibility index (Phi) is 7.19. The zero-order chi connectivity index (χ0) is 15.8. The zero-order valence-electron chi connectivity index (χ0n) is 13.2. The number of nitrogens with one attached hydrogen (secondary N) is 2. The summed E-state index contributed by atoms with van der Waals surface area (Å²) in [6, 6.07) is 6.93. The topological polar surface area (TPSA) is 70.6 Å². The molecule has 5 heteroatoms. The molecule has 0 spiro atoms. The van der Waals surface area contributed by atoms with Crippen LogP contribution in [-0.2, 0) is 4.79 Å². The van der Waals surface area contributed by atoms with Crippen LogP contribution in [0.2, 0.25) is 0 Å². The Labute approximate surface area is 126 Å². The first-order valence-electron chi connectivity index (χ1n) is 7.27. The first-order chi connectivity index (χ1) is 9.93. The lowest BCUT2D eigenvalue weighted by Crippen LogP contribution is -2.44. The molecule has 0 radical (unpaired) electrons. The fourth-order valence-electron chi connectivity index (χ4n) is 1.81. The molecule has 2 unspecified atom stereocenters. The van der Waals surface area contributed by atoms with E-state index in [4.69, 9.17) is 4.74 Å². The summed E-state index contributed by atoms with van der Waals surface area (Å²) < 4.78 is 5.13. The third-order valence-electron chi connectivity index (χ3n) is 3.17. The van der Waals surface area contributed by atoms with Crippen LogP contribution in [0.1, 0.15) is 32.4 Å². The van der Waals surface area contributed by atoms with Gasteiger partial charge in [0.2, 0.25) is 5.91 Å². The number of carbonyl (C=O) groups is 1. The molecule has 2 atom stereocenters. The first-order valence-corrected chi connectivity index (χ1v) is 7.27. The lowest BCUT2D eigenvalue weighted by Gasteiger charge is -2.18. The maximum atomic E-state index is 11.8. The Balaban J connectivity index is 2.44. The van der Waals surface area contributed by atoms with Gasteiger partial charge in [0.1, 0.15) is 5.75 Å². The van der Waals surface area contributed by atoms with E-state index in [1.165, 1.54) is 0 Å². The van der Waals surface area contributed by atoms with Crippen LogP contribution < -0.4 is 15.4 Å². The largest absolute Gasteiger partial charge is 0.497 e. The van der Waals surface area contributed by atoms with Gasteiger partial charge in [-0.05, 0) is 30.5 Å². The number of aliphatic hydroxyl groups excluding tert-OH is 1. The molecule has 0 fully saturated rings. The van der Waals surface area contributed by atoms with Gasteiger partial charge in [-0.1, -0.05) is 26.0 Å². The SMILES string of the molecule is COc1cccc(C(O)CNC(C)C(=O)NCC(C)C)c1. The third kappa shape index (κ3) is 6.14. The minimum Gasteiger partial charge on any atom is -0.497 e. The van der Waals surface area contributed by atoms with Crippen LogP contribution in [0.3, 0.4) is 0 Å². The maximum absolute atomic E-state index is 11.8. The minimum atomic E-state index is -0.680. The monoisotopic (exact) mass is 294 g/mol. The number of benzene rings is 1. The summed E-state index contributed by atoms with van der Waals surface area (Å²) in [6.45, 7) is 6.84. The Morgan fingerprint density at radius 3 is 2.62 bits per heavy atom. The highest BCUT2D eigenvalue weighted by atomic mass is 16.5. The molecule has 0 saturated heterocycles. The summed E-state index contributed by atoms with van der Waals surface area (Å²) in [4.78, 5) is 11.8. The highest BCUT2D eigenvalue weighted by Gasteiger charge is 2.15. The fourth-order valence-corrected chi connectivity index (χ4v) is 1.81. The second-order valence-electron chi connectivity index (χ2n) is 5.56. The molecule has 0 heterocycles. The van der Waals surface area contributed by atoms with E-state index in [2.05, 4.69) is 10.6 Å². The molecule has 21 heavy (non-hydrogen) atoms. The molecule has 0 aliphatic heterocycles. The number of rotatable bonds is 8. The highest BCUT2D eigenvalue weighted by molar-refractivity contribution is 5.81. The predicted octanol–water partition coefficient (Wildman–Crippen LogP) is 1.48. The van der Waals surface area contributed by atoms with Crippen LogP contribution in [0, 0.1) is 5.92 Å². The number of aliphatic hydroxyl groups is 1. The van der Waals surface area contributed by atoms with E-state index < -0.39 is 6.10 Å². The molecular weight excluding hydrogens is 268 g/mol. The minimum absolute atomic E-state index is 0.0541. The van der Waals surface area contributed by atoms with Gasteiger partial charge >= 0.3 is 0 Å². The summed E-state index contributed by atoms with van der Waals surface area (Å²) in [7, 11) is 1.59. The third-order valence-corrected chi connectivity index (χ3v) is 3.17. The number of hydrogen-bond donors (Lipinski definition) is 3. The molecule has 0 aliphatic carbocycles. The number of carbonyl (C=O) groups excluding carboxylic acids is 1. The van der Waals surface area contributed by atoms with E-state index >= 15 is 0 Å². The molecule has 1 aromatic rings. The lowest BCUT2D eigenvalue weighted by molar-refractivity contribution is -0.123. The smallest absolute Gasteiger partial charge is 0.236 e. The molecule has 118 valence electrons. The van der Waals surface area contributed by atoms with Crippen molar-refractivity contribution in [2.45, 2.75) is 32.9 Å². The van der Waals surface area contributed by atoms with Crippen LogP contribution in [0.25, 0.3) is 0 Å². The Bertz CT molecular complexity index is 449. The van der Waals surface area contributed by atoms with Gasteiger partial charge in [-0.2, -0.15) is 0 Å². The lowest BCUT2D eigenvalue weighted by atomic mass is 10.1. The molecule has 0 bridgehead atoms. The van der Waals surface area contributed by atoms with Crippen molar-refractivity contribution in [1.82, 2.24) is 10.6 Å². The second kappa shape index (κ2) is 8.64. The Morgan fingerprint density at radius 2 is 2.00 bits per heavy atom. The van der Waals surface area contributed by atoms with Gasteiger partial charge in [-0.15, -0.1) is 0 Å². The molecule has 1 aromatic carbocycles. The van der Waals surface area contributed by atoms with Crippen molar-refractivity contribution in [2.24, 2.45) is 5.92 Å². The molecule has 1 rings (SSSR count). The fraction of sp³-hybridized carbons (Fsp3) is 0.562. The standard InChI is InChI=1S/C16H26N2O3/c1-11(2)9-18-16(20)12(3)17-10-15(19)13-6-5-7-14(8-13)21-4/h5-8,11-12,15,17,19H,9-10H2,1-4H3,(H,18,20). The van der Waals surface area contributed by atoms with Crippen LogP contribution in [-0.4, -0.2) is 37.3 Å². The van der Waals surface area contributed by atoms with Crippen molar-refractivity contribution in [3.05, 3.63) is 29.8 Å². The van der Waals surface area contributed by atoms with E-state index in [-0.39, 0.29) is 11.9 Å². The quantitative estimate of drug-likeness (QED) is 0.679. The van der Waals surface area contributed by atoms with Crippen molar-refractivity contribution in [3.63, 3.8) is 0 Å². The van der Waals surface area contributed by atoms with Crippen LogP contribution in [0.15, 0.2) is 24.3 Å². The molecule has 3 N–H and O–H groups in total. The van der Waals surface area contributed by atoms with E-state index in [9.17, 15) is 9.90 Å². The number of ether oxygens (including phenoxy) is 1. The molecule has 1 amide bonds. The van der Waals surface area contributed by atoms with Gasteiger partial charge in [0.15, 0.2) is 0 Å². The van der Waals surface area contributed by atoms with Crippen molar-refractivity contribution < 1.29 is 14.6 Å². The van der Waals surface area contributed by atoms with E-state index in [0.717, 1.165) is 5.56 Å². The van der Waals surface area contributed by atoms with Gasteiger partial charge in [-0.3, -0.25) is 4.79 Å². The maximum Gasteiger partial charge on any atom is 0.236 e. The molecule has 0 aliphatic rings. The van der Waals surface area contributed by atoms with Crippen LogP contribution >= 0.6 is 0 Å². The van der Waals surface area contributed by atoms with Crippen molar-refractivity contribution >= 4 is 5.91 Å². The van der Waals surface area contributed by atoms with Gasteiger partial charge in [-0.25, -0.2) is 0 Å². The average Bonchev–Trinajstić information content (AvgIpc) is 2.49. The average molecular weight is 294 g/mol. The molecule has 0 aromatic heterocycles. The Hall–Kier alpha value is -1.59. The second-order valence-corrected chi connectivity index (χ2v) is 5.56. The molecule has 5 nitrogen and oxygen atoms in total. The summed E-state index contributed by atoms with van der Waals surface area (Å²) in [6.07, 6.45) is -0.680. The predicted molar refractivity (Wildman–Crippen MR) is 83.3 cm³/mol. The van der Waals surface area contributed by atoms with Gasteiger partial charge < -0.3 is 20.5 Å². The van der Waals surface area contributed by atoms with Crippen LogP contribution in [0.4, 0.5) is 0 Å².